The van der Waals surface area contributed by atoms with Crippen LogP contribution in [0.1, 0.15) is 61.3 Å². The maximum atomic E-state index is 13.5. The van der Waals surface area contributed by atoms with E-state index in [2.05, 4.69) is 43.2 Å². The van der Waals surface area contributed by atoms with Gasteiger partial charge in [-0.05, 0) is 78.4 Å². The van der Waals surface area contributed by atoms with Crippen molar-refractivity contribution in [2.75, 3.05) is 22.9 Å². The predicted molar refractivity (Wildman–Crippen MR) is 144 cm³/mol. The fourth-order valence-corrected chi connectivity index (χ4v) is 5.61. The third-order valence-corrected chi connectivity index (χ3v) is 7.62. The van der Waals surface area contributed by atoms with Crippen LogP contribution in [0.5, 0.6) is 0 Å². The topological polar surface area (TPSA) is 50.1 Å². The molecule has 0 radical (unpaired) electrons. The zero-order valence-electron chi connectivity index (χ0n) is 22.2. The molecule has 1 aliphatic carbocycles. The minimum Gasteiger partial charge on any atom is -0.371 e. The lowest BCUT2D eigenvalue weighted by atomic mass is 9.88. The van der Waals surface area contributed by atoms with Gasteiger partial charge in [-0.3, -0.25) is 0 Å². The van der Waals surface area contributed by atoms with E-state index in [0.29, 0.717) is 5.92 Å². The van der Waals surface area contributed by atoms with Gasteiger partial charge < -0.3 is 9.80 Å². The number of alkyl halides is 6. The van der Waals surface area contributed by atoms with Crippen LogP contribution in [0.25, 0.3) is 0 Å². The average molecular weight is 633 g/mol. The van der Waals surface area contributed by atoms with Crippen LogP contribution in [0.3, 0.4) is 0 Å². The molecule has 13 heteroatoms. The fraction of sp³-hybridized carbons (Fsp3) is 0.519. The van der Waals surface area contributed by atoms with Crippen LogP contribution in [-0.2, 0) is 32.5 Å². The Balaban J connectivity index is 1.71. The normalized spacial score (nSPS) is 14.9. The Hall–Kier alpha value is -2.83. The molecule has 0 saturated heterocycles. The first-order chi connectivity index (χ1) is 18.8. The highest BCUT2D eigenvalue weighted by Gasteiger charge is 2.37. The molecular formula is C27H31BrF6N6. The summed E-state index contributed by atoms with van der Waals surface area (Å²) >= 11 is 3.51. The number of aryl methyl sites for hydroxylation is 1. The highest BCUT2D eigenvalue weighted by atomic mass is 79.9. The molecule has 40 heavy (non-hydrogen) atoms. The first-order valence-corrected chi connectivity index (χ1v) is 13.9. The summed E-state index contributed by atoms with van der Waals surface area (Å²) in [6.07, 6.45) is -3.90. The Kier molecular flexibility index (Phi) is 9.31. The van der Waals surface area contributed by atoms with Crippen molar-refractivity contribution in [1.29, 1.82) is 0 Å². The molecule has 2 aromatic carbocycles. The molecule has 1 aromatic heterocycles. The van der Waals surface area contributed by atoms with E-state index < -0.39 is 23.5 Å². The van der Waals surface area contributed by atoms with Crippen LogP contribution in [0.2, 0.25) is 0 Å². The lowest BCUT2D eigenvalue weighted by molar-refractivity contribution is -0.143. The van der Waals surface area contributed by atoms with Gasteiger partial charge in [-0.25, -0.2) is 0 Å². The second-order valence-electron chi connectivity index (χ2n) is 10.2. The highest BCUT2D eigenvalue weighted by molar-refractivity contribution is 9.10. The first-order valence-electron chi connectivity index (χ1n) is 13.1. The first kappa shape index (κ1) is 30.1. The van der Waals surface area contributed by atoms with Gasteiger partial charge in [-0.2, -0.15) is 31.1 Å². The Labute approximate surface area is 237 Å². The van der Waals surface area contributed by atoms with Crippen molar-refractivity contribution in [3.05, 3.63) is 63.1 Å². The maximum absolute atomic E-state index is 13.5. The number of rotatable bonds is 9. The number of benzene rings is 2. The highest BCUT2D eigenvalue weighted by Crippen LogP contribution is 2.37. The van der Waals surface area contributed by atoms with Crippen LogP contribution in [0, 0.1) is 5.92 Å². The van der Waals surface area contributed by atoms with Gasteiger partial charge in [-0.15, -0.1) is 5.10 Å². The van der Waals surface area contributed by atoms with Gasteiger partial charge >= 0.3 is 12.4 Å². The van der Waals surface area contributed by atoms with Crippen LogP contribution >= 0.6 is 15.9 Å². The Morgan fingerprint density at radius 1 is 0.900 bits per heavy atom. The standard InChI is InChI=1S/C27H31BrF6N6/c1-3-39(15-18-7-5-4-6-8-18)24-10-9-23(28)13-20(24)17-40(25-35-37-38(2)36-25)16-19-11-21(26(29,30)31)14-22(12-19)27(32,33)34/h9-14,18H,3-8,15-17H2,1-2H3. The van der Waals surface area contributed by atoms with E-state index in [0.717, 1.165) is 53.8 Å². The van der Waals surface area contributed by atoms with Gasteiger partial charge in [0, 0.05) is 36.3 Å². The van der Waals surface area contributed by atoms with Crippen molar-refractivity contribution in [3.63, 3.8) is 0 Å². The zero-order valence-corrected chi connectivity index (χ0v) is 23.8. The quantitative estimate of drug-likeness (QED) is 0.227. The number of anilines is 2. The summed E-state index contributed by atoms with van der Waals surface area (Å²) in [6.45, 7) is 3.53. The summed E-state index contributed by atoms with van der Waals surface area (Å²) in [6, 6.07) is 7.43. The zero-order chi connectivity index (χ0) is 29.1. The monoisotopic (exact) mass is 632 g/mol. The Bertz CT molecular complexity index is 1250. The average Bonchev–Trinajstić information content (AvgIpc) is 3.33. The van der Waals surface area contributed by atoms with Crippen LogP contribution in [0.15, 0.2) is 40.9 Å². The third-order valence-electron chi connectivity index (χ3n) is 7.13. The molecule has 0 unspecified atom stereocenters. The molecule has 0 aliphatic heterocycles. The summed E-state index contributed by atoms with van der Waals surface area (Å²) in [5, 5.41) is 12.1. The Morgan fingerprint density at radius 2 is 1.55 bits per heavy atom. The molecular weight excluding hydrogens is 602 g/mol. The van der Waals surface area contributed by atoms with Gasteiger partial charge in [0.05, 0.1) is 18.2 Å². The molecule has 1 saturated carbocycles. The van der Waals surface area contributed by atoms with E-state index in [1.165, 1.54) is 31.1 Å². The minimum atomic E-state index is -4.94. The summed E-state index contributed by atoms with van der Waals surface area (Å²) in [4.78, 5) is 5.02. The second-order valence-corrected chi connectivity index (χ2v) is 11.1. The molecule has 0 spiro atoms. The Morgan fingerprint density at radius 3 is 2.10 bits per heavy atom. The van der Waals surface area contributed by atoms with Crippen molar-refractivity contribution in [2.45, 2.75) is 64.5 Å². The van der Waals surface area contributed by atoms with E-state index in [1.54, 1.807) is 4.90 Å². The summed E-state index contributed by atoms with van der Waals surface area (Å²) in [7, 11) is 1.54. The van der Waals surface area contributed by atoms with E-state index in [-0.39, 0.29) is 30.7 Å². The van der Waals surface area contributed by atoms with Gasteiger partial charge in [0.15, 0.2) is 0 Å². The maximum Gasteiger partial charge on any atom is 0.416 e. The van der Waals surface area contributed by atoms with Gasteiger partial charge in [-0.1, -0.05) is 40.3 Å². The van der Waals surface area contributed by atoms with Gasteiger partial charge in [0.25, 0.3) is 5.95 Å². The minimum absolute atomic E-state index is 0.0923. The molecule has 218 valence electrons. The van der Waals surface area contributed by atoms with E-state index in [4.69, 9.17) is 0 Å². The van der Waals surface area contributed by atoms with Crippen molar-refractivity contribution in [2.24, 2.45) is 13.0 Å². The largest absolute Gasteiger partial charge is 0.416 e. The summed E-state index contributed by atoms with van der Waals surface area (Å²) < 4.78 is 82.0. The summed E-state index contributed by atoms with van der Waals surface area (Å²) in [5.74, 6) is 0.656. The van der Waals surface area contributed by atoms with Crippen molar-refractivity contribution >= 4 is 27.6 Å². The number of nitrogens with zero attached hydrogens (tertiary/aromatic N) is 6. The van der Waals surface area contributed by atoms with Crippen LogP contribution in [-0.4, -0.2) is 33.3 Å². The molecule has 1 fully saturated rings. The van der Waals surface area contributed by atoms with Gasteiger partial charge in [0.1, 0.15) is 0 Å². The van der Waals surface area contributed by atoms with Crippen molar-refractivity contribution in [3.8, 4) is 0 Å². The van der Waals surface area contributed by atoms with Crippen molar-refractivity contribution in [1.82, 2.24) is 20.2 Å². The van der Waals surface area contributed by atoms with Crippen LogP contribution in [0.4, 0.5) is 38.0 Å². The molecule has 3 aromatic rings. The lowest BCUT2D eigenvalue weighted by Gasteiger charge is -2.33. The molecule has 4 rings (SSSR count). The number of halogens is 7. The van der Waals surface area contributed by atoms with Crippen molar-refractivity contribution < 1.29 is 26.3 Å². The second kappa shape index (κ2) is 12.4. The molecule has 0 atom stereocenters. The number of hydrogen-bond donors (Lipinski definition) is 0. The van der Waals surface area contributed by atoms with E-state index in [1.807, 2.05) is 18.2 Å². The molecule has 1 aliphatic rings. The number of tetrazole rings is 1. The third kappa shape index (κ3) is 7.67. The molecule has 0 N–H and O–H groups in total. The van der Waals surface area contributed by atoms with Gasteiger partial charge in [0.2, 0.25) is 0 Å². The molecule has 1 heterocycles. The summed E-state index contributed by atoms with van der Waals surface area (Å²) in [5.41, 5.74) is -1.11. The fourth-order valence-electron chi connectivity index (χ4n) is 5.20. The lowest BCUT2D eigenvalue weighted by Crippen LogP contribution is -2.32. The number of hydrogen-bond acceptors (Lipinski definition) is 5. The van der Waals surface area contributed by atoms with Crippen LogP contribution < -0.4 is 9.80 Å². The smallest absolute Gasteiger partial charge is 0.371 e. The SMILES string of the molecule is CCN(CC1CCCCC1)c1ccc(Br)cc1CN(Cc1cc(C(F)(F)F)cc(C(F)(F)F)c1)c1nnn(C)n1. The molecule has 6 nitrogen and oxygen atoms in total. The number of aromatic nitrogens is 4. The molecule has 0 bridgehead atoms. The predicted octanol–water partition coefficient (Wildman–Crippen LogP) is 7.62. The van der Waals surface area contributed by atoms with E-state index in [9.17, 15) is 26.3 Å². The van der Waals surface area contributed by atoms with E-state index >= 15 is 0 Å². The molecule has 0 amide bonds.